The zero-order valence-corrected chi connectivity index (χ0v) is 17.2. The predicted molar refractivity (Wildman–Crippen MR) is 107 cm³/mol. The molecule has 0 spiro atoms. The maximum atomic E-state index is 13.5. The smallest absolute Gasteiger partial charge is 0.336 e. The second-order valence-corrected chi connectivity index (χ2v) is 7.39. The van der Waals surface area contributed by atoms with Crippen molar-refractivity contribution < 1.29 is 22.8 Å². The van der Waals surface area contributed by atoms with Crippen LogP contribution < -0.4 is 10.2 Å². The SMILES string of the molecule is CCCN(C(=O)c1cc(N2CCCC2=O)cc(C(F)(F)F)c1)C1CCNCC1.Cl. The minimum absolute atomic E-state index is 0. The van der Waals surface area contributed by atoms with E-state index in [1.54, 1.807) is 4.90 Å². The molecule has 2 aliphatic rings. The first-order chi connectivity index (χ1) is 13.3. The van der Waals surface area contributed by atoms with Gasteiger partial charge in [-0.2, -0.15) is 13.2 Å². The van der Waals surface area contributed by atoms with Crippen molar-refractivity contribution in [3.8, 4) is 0 Å². The summed E-state index contributed by atoms with van der Waals surface area (Å²) in [6.45, 7) is 4.39. The Hall–Kier alpha value is -1.80. The van der Waals surface area contributed by atoms with Gasteiger partial charge in [-0.1, -0.05) is 6.92 Å². The van der Waals surface area contributed by atoms with Crippen molar-refractivity contribution in [3.05, 3.63) is 29.3 Å². The summed E-state index contributed by atoms with van der Waals surface area (Å²) in [7, 11) is 0. The first kappa shape index (κ1) is 23.5. The highest BCUT2D eigenvalue weighted by Crippen LogP contribution is 2.34. The van der Waals surface area contributed by atoms with Gasteiger partial charge in [0.05, 0.1) is 5.56 Å². The number of piperidine rings is 1. The molecule has 0 atom stereocenters. The van der Waals surface area contributed by atoms with Crippen LogP contribution in [0.3, 0.4) is 0 Å². The predicted octanol–water partition coefficient (Wildman–Crippen LogP) is 3.86. The lowest BCUT2D eigenvalue weighted by atomic mass is 10.0. The molecule has 2 fully saturated rings. The van der Waals surface area contributed by atoms with Crippen molar-refractivity contribution in [1.82, 2.24) is 10.2 Å². The third kappa shape index (κ3) is 5.42. The summed E-state index contributed by atoms with van der Waals surface area (Å²) in [6.07, 6.45) is -1.37. The van der Waals surface area contributed by atoms with Gasteiger partial charge in [0.1, 0.15) is 0 Å². The number of hydrogen-bond donors (Lipinski definition) is 1. The lowest BCUT2D eigenvalue weighted by Gasteiger charge is -2.35. The Morgan fingerprint density at radius 2 is 1.93 bits per heavy atom. The number of halogens is 4. The maximum Gasteiger partial charge on any atom is 0.416 e. The van der Waals surface area contributed by atoms with Gasteiger partial charge in [-0.15, -0.1) is 12.4 Å². The molecule has 0 aromatic heterocycles. The molecule has 0 bridgehead atoms. The minimum atomic E-state index is -4.59. The number of benzene rings is 1. The fourth-order valence-electron chi connectivity index (χ4n) is 3.95. The van der Waals surface area contributed by atoms with Crippen LogP contribution in [-0.4, -0.2) is 48.9 Å². The van der Waals surface area contributed by atoms with E-state index in [-0.39, 0.29) is 35.6 Å². The van der Waals surface area contributed by atoms with Crippen molar-refractivity contribution in [2.45, 2.75) is 51.2 Å². The minimum Gasteiger partial charge on any atom is -0.336 e. The molecule has 0 aliphatic carbocycles. The number of nitrogens with one attached hydrogen (secondary N) is 1. The van der Waals surface area contributed by atoms with E-state index in [2.05, 4.69) is 5.32 Å². The Bertz CT molecular complexity index is 736. The van der Waals surface area contributed by atoms with E-state index in [4.69, 9.17) is 0 Å². The van der Waals surface area contributed by atoms with Gasteiger partial charge in [-0.05, 0) is 57.0 Å². The van der Waals surface area contributed by atoms with Crippen LogP contribution in [0.15, 0.2) is 18.2 Å². The van der Waals surface area contributed by atoms with Gasteiger partial charge in [-0.3, -0.25) is 9.59 Å². The quantitative estimate of drug-likeness (QED) is 0.767. The van der Waals surface area contributed by atoms with Crippen LogP contribution in [0.1, 0.15) is 54.9 Å². The number of nitrogens with zero attached hydrogens (tertiary/aromatic N) is 2. The Balaban J connectivity index is 0.00000300. The summed E-state index contributed by atoms with van der Waals surface area (Å²) in [5, 5.41) is 3.24. The van der Waals surface area contributed by atoms with Gasteiger partial charge in [0, 0.05) is 36.8 Å². The van der Waals surface area contributed by atoms with Crippen LogP contribution in [0, 0.1) is 0 Å². The van der Waals surface area contributed by atoms with Crippen molar-refractivity contribution in [2.75, 3.05) is 31.1 Å². The Morgan fingerprint density at radius 1 is 1.24 bits per heavy atom. The van der Waals surface area contributed by atoms with Crippen molar-refractivity contribution in [1.29, 1.82) is 0 Å². The molecule has 2 amide bonds. The Morgan fingerprint density at radius 3 is 2.48 bits per heavy atom. The van der Waals surface area contributed by atoms with Gasteiger partial charge in [0.2, 0.25) is 5.91 Å². The molecule has 1 aromatic rings. The number of anilines is 1. The molecule has 1 N–H and O–H groups in total. The number of carbonyl (C=O) groups is 2. The summed E-state index contributed by atoms with van der Waals surface area (Å²) < 4.78 is 40.4. The topological polar surface area (TPSA) is 52.7 Å². The van der Waals surface area contributed by atoms with Crippen molar-refractivity contribution in [2.24, 2.45) is 0 Å². The second kappa shape index (κ2) is 9.80. The highest BCUT2D eigenvalue weighted by molar-refractivity contribution is 5.99. The molecular formula is C20H27ClF3N3O2. The summed E-state index contributed by atoms with van der Waals surface area (Å²) in [5.74, 6) is -0.603. The molecule has 29 heavy (non-hydrogen) atoms. The molecule has 0 unspecified atom stereocenters. The highest BCUT2D eigenvalue weighted by Gasteiger charge is 2.35. The molecule has 9 heteroatoms. The number of alkyl halides is 3. The average Bonchev–Trinajstić information content (AvgIpc) is 3.11. The molecule has 1 aromatic carbocycles. The molecule has 5 nitrogen and oxygen atoms in total. The molecule has 2 heterocycles. The largest absolute Gasteiger partial charge is 0.416 e. The third-order valence-electron chi connectivity index (χ3n) is 5.35. The molecule has 2 aliphatic heterocycles. The fraction of sp³-hybridized carbons (Fsp3) is 0.600. The molecule has 0 radical (unpaired) electrons. The first-order valence-electron chi connectivity index (χ1n) is 9.85. The maximum absolute atomic E-state index is 13.5. The third-order valence-corrected chi connectivity index (χ3v) is 5.35. The molecule has 162 valence electrons. The Labute approximate surface area is 175 Å². The highest BCUT2D eigenvalue weighted by atomic mass is 35.5. The summed E-state index contributed by atoms with van der Waals surface area (Å²) >= 11 is 0. The monoisotopic (exact) mass is 433 g/mol. The van der Waals surface area contributed by atoms with Crippen LogP contribution >= 0.6 is 12.4 Å². The molecule has 3 rings (SSSR count). The van der Waals surface area contributed by atoms with Gasteiger partial charge in [0.25, 0.3) is 5.91 Å². The number of hydrogen-bond acceptors (Lipinski definition) is 3. The van der Waals surface area contributed by atoms with E-state index in [9.17, 15) is 22.8 Å². The fourth-order valence-corrected chi connectivity index (χ4v) is 3.95. The van der Waals surface area contributed by atoms with Gasteiger partial charge >= 0.3 is 6.18 Å². The zero-order chi connectivity index (χ0) is 20.3. The number of amides is 2. The lowest BCUT2D eigenvalue weighted by Crippen LogP contribution is -2.46. The van der Waals surface area contributed by atoms with Crippen LogP contribution in [0.4, 0.5) is 18.9 Å². The number of carbonyl (C=O) groups excluding carboxylic acids is 2. The van der Waals surface area contributed by atoms with Crippen LogP contribution in [0.25, 0.3) is 0 Å². The van der Waals surface area contributed by atoms with Crippen molar-refractivity contribution in [3.63, 3.8) is 0 Å². The standard InChI is InChI=1S/C20H26F3N3O2.ClH/c1-2-9-26(16-5-7-24-8-6-16)19(28)14-11-15(20(21,22)23)13-17(12-14)25-10-3-4-18(25)27;/h11-13,16,24H,2-10H2,1H3;1H. The van der Waals surface area contributed by atoms with Crippen LogP contribution in [0.5, 0.6) is 0 Å². The van der Waals surface area contributed by atoms with Crippen LogP contribution in [-0.2, 0) is 11.0 Å². The lowest BCUT2D eigenvalue weighted by molar-refractivity contribution is -0.137. The normalized spacial score (nSPS) is 17.9. The summed E-state index contributed by atoms with van der Waals surface area (Å²) in [4.78, 5) is 28.3. The Kier molecular flexibility index (Phi) is 7.94. The number of rotatable bonds is 5. The van der Waals surface area contributed by atoms with E-state index in [0.29, 0.717) is 25.9 Å². The van der Waals surface area contributed by atoms with E-state index in [1.165, 1.54) is 11.0 Å². The molecule has 0 saturated carbocycles. The van der Waals surface area contributed by atoms with Gasteiger partial charge in [0.15, 0.2) is 0 Å². The van der Waals surface area contributed by atoms with Crippen LogP contribution in [0.2, 0.25) is 0 Å². The average molecular weight is 434 g/mol. The first-order valence-corrected chi connectivity index (χ1v) is 9.85. The molecular weight excluding hydrogens is 407 g/mol. The van der Waals surface area contributed by atoms with Gasteiger partial charge < -0.3 is 15.1 Å². The van der Waals surface area contributed by atoms with E-state index in [1.807, 2.05) is 6.92 Å². The van der Waals surface area contributed by atoms with E-state index < -0.39 is 17.6 Å². The van der Waals surface area contributed by atoms with E-state index >= 15 is 0 Å². The van der Waals surface area contributed by atoms with Crippen molar-refractivity contribution >= 4 is 29.9 Å². The summed E-state index contributed by atoms with van der Waals surface area (Å²) in [5.41, 5.74) is -0.742. The zero-order valence-electron chi connectivity index (χ0n) is 16.4. The summed E-state index contributed by atoms with van der Waals surface area (Å²) in [6, 6.07) is 3.33. The van der Waals surface area contributed by atoms with E-state index in [0.717, 1.165) is 44.5 Å². The second-order valence-electron chi connectivity index (χ2n) is 7.39. The molecule has 2 saturated heterocycles. The van der Waals surface area contributed by atoms with Gasteiger partial charge in [-0.25, -0.2) is 0 Å².